The second kappa shape index (κ2) is 8.58. The molecule has 4 nitrogen and oxygen atoms in total. The van der Waals surface area contributed by atoms with Gasteiger partial charge in [-0.05, 0) is 59.9 Å². The van der Waals surface area contributed by atoms with Crippen LogP contribution in [0.5, 0.6) is 0 Å². The Bertz CT molecular complexity index is 1180. The van der Waals surface area contributed by atoms with E-state index in [4.69, 9.17) is 23.2 Å². The lowest BCUT2D eigenvalue weighted by atomic mass is 9.77. The Kier molecular flexibility index (Phi) is 5.78. The molecule has 0 unspecified atom stereocenters. The van der Waals surface area contributed by atoms with Gasteiger partial charge in [0.2, 0.25) is 0 Å². The fraction of sp³-hybridized carbons (Fsp3) is 0.250. The van der Waals surface area contributed by atoms with Crippen LogP contribution in [0.25, 0.3) is 0 Å². The molecule has 1 aliphatic heterocycles. The normalized spacial score (nSPS) is 26.2. The number of nitrogens with zero attached hydrogens (tertiary/aromatic N) is 1. The lowest BCUT2D eigenvalue weighted by Crippen LogP contribution is -2.31. The number of fused-ring (bicyclic) bond motifs is 3. The van der Waals surface area contributed by atoms with Gasteiger partial charge in [0.25, 0.3) is 5.69 Å². The van der Waals surface area contributed by atoms with Crippen LogP contribution in [-0.4, -0.2) is 15.6 Å². The molecule has 0 amide bonds. The Hall–Kier alpha value is -2.28. The number of anilines is 1. The Morgan fingerprint density at radius 2 is 1.84 bits per heavy atom. The highest BCUT2D eigenvalue weighted by molar-refractivity contribution is 8.00. The standard InChI is InChI=1S/C24H19Cl2FN2O2S/c25-14-7-10-18-16(11-14)22-17(24(28-18)13-5-8-15(27)9-6-13)12-21(23(22)26)32-20-4-2-1-3-19(20)29(30)31/h1-11,17,21-24,28H,12H2/t17-,21+,22-,23-,24-/m0/s1. The van der Waals surface area contributed by atoms with E-state index in [2.05, 4.69) is 5.32 Å². The topological polar surface area (TPSA) is 55.2 Å². The van der Waals surface area contributed by atoms with Gasteiger partial charge in [-0.15, -0.1) is 23.4 Å². The van der Waals surface area contributed by atoms with E-state index in [1.54, 1.807) is 30.3 Å². The van der Waals surface area contributed by atoms with Crippen LogP contribution in [0.1, 0.15) is 29.5 Å². The average molecular weight is 489 g/mol. The number of nitrogens with one attached hydrogen (secondary N) is 1. The van der Waals surface area contributed by atoms with Crippen LogP contribution in [0.4, 0.5) is 15.8 Å². The van der Waals surface area contributed by atoms with E-state index < -0.39 is 0 Å². The monoisotopic (exact) mass is 488 g/mol. The molecule has 0 spiro atoms. The third-order valence-electron chi connectivity index (χ3n) is 6.35. The van der Waals surface area contributed by atoms with Crippen molar-refractivity contribution < 1.29 is 9.31 Å². The molecule has 2 aliphatic rings. The zero-order valence-electron chi connectivity index (χ0n) is 16.8. The lowest BCUT2D eigenvalue weighted by Gasteiger charge is -2.38. The number of thioether (sulfide) groups is 1. The molecule has 32 heavy (non-hydrogen) atoms. The Balaban J connectivity index is 1.53. The minimum Gasteiger partial charge on any atom is -0.378 e. The third-order valence-corrected chi connectivity index (χ3v) is 8.69. The minimum atomic E-state index is -0.356. The predicted octanol–water partition coefficient (Wildman–Crippen LogP) is 7.43. The molecular formula is C24H19Cl2FN2O2S. The van der Waals surface area contributed by atoms with E-state index in [-0.39, 0.29) is 44.9 Å². The summed E-state index contributed by atoms with van der Waals surface area (Å²) in [4.78, 5) is 11.8. The molecule has 1 heterocycles. The summed E-state index contributed by atoms with van der Waals surface area (Å²) >= 11 is 14.8. The maximum absolute atomic E-state index is 13.6. The van der Waals surface area contributed by atoms with Crippen LogP contribution < -0.4 is 5.32 Å². The smallest absolute Gasteiger partial charge is 0.282 e. The summed E-state index contributed by atoms with van der Waals surface area (Å²) in [7, 11) is 0. The summed E-state index contributed by atoms with van der Waals surface area (Å²) in [6, 6.07) is 19.0. The van der Waals surface area contributed by atoms with Gasteiger partial charge in [0, 0.05) is 27.9 Å². The number of nitro benzene ring substituents is 1. The van der Waals surface area contributed by atoms with Crippen molar-refractivity contribution in [3.8, 4) is 0 Å². The number of alkyl halides is 1. The molecular weight excluding hydrogens is 470 g/mol. The van der Waals surface area contributed by atoms with Crippen molar-refractivity contribution in [2.75, 3.05) is 5.32 Å². The SMILES string of the molecule is O=[N+]([O-])c1ccccc1S[C@@H]1C[C@H]2[C@H](c3cc(Cl)ccc3N[C@H]2c2ccc(F)cc2)[C@H]1Cl. The second-order valence-corrected chi connectivity index (χ2v) is 10.4. The maximum Gasteiger partial charge on any atom is 0.282 e. The van der Waals surface area contributed by atoms with Crippen molar-refractivity contribution in [3.05, 3.63) is 98.8 Å². The number of hydrogen-bond acceptors (Lipinski definition) is 4. The Morgan fingerprint density at radius 3 is 2.59 bits per heavy atom. The van der Waals surface area contributed by atoms with Gasteiger partial charge >= 0.3 is 0 Å². The largest absolute Gasteiger partial charge is 0.378 e. The zero-order chi connectivity index (χ0) is 22.4. The molecule has 5 rings (SSSR count). The van der Waals surface area contributed by atoms with E-state index in [0.717, 1.165) is 23.2 Å². The zero-order valence-corrected chi connectivity index (χ0v) is 19.1. The molecule has 5 atom stereocenters. The predicted molar refractivity (Wildman–Crippen MR) is 127 cm³/mol. The van der Waals surface area contributed by atoms with Gasteiger partial charge < -0.3 is 5.32 Å². The Morgan fingerprint density at radius 1 is 1.09 bits per heavy atom. The molecule has 1 aliphatic carbocycles. The number of rotatable bonds is 4. The third kappa shape index (κ3) is 3.85. The van der Waals surface area contributed by atoms with Crippen LogP contribution in [0, 0.1) is 21.8 Å². The maximum atomic E-state index is 13.6. The number of benzene rings is 3. The molecule has 8 heteroatoms. The van der Waals surface area contributed by atoms with Crippen molar-refractivity contribution in [1.29, 1.82) is 0 Å². The molecule has 0 bridgehead atoms. The van der Waals surface area contributed by atoms with Crippen LogP contribution in [0.2, 0.25) is 5.02 Å². The second-order valence-electron chi connectivity index (χ2n) is 8.16. The van der Waals surface area contributed by atoms with E-state index in [9.17, 15) is 14.5 Å². The first-order valence-electron chi connectivity index (χ1n) is 10.3. The van der Waals surface area contributed by atoms with Crippen molar-refractivity contribution in [2.24, 2.45) is 5.92 Å². The molecule has 1 N–H and O–H groups in total. The van der Waals surface area contributed by atoms with Gasteiger partial charge in [-0.25, -0.2) is 4.39 Å². The number of hydrogen-bond donors (Lipinski definition) is 1. The van der Waals surface area contributed by atoms with Crippen LogP contribution in [0.15, 0.2) is 71.6 Å². The van der Waals surface area contributed by atoms with Crippen LogP contribution in [-0.2, 0) is 0 Å². The lowest BCUT2D eigenvalue weighted by molar-refractivity contribution is -0.387. The van der Waals surface area contributed by atoms with Crippen molar-refractivity contribution >= 4 is 46.3 Å². The summed E-state index contributed by atoms with van der Waals surface area (Å²) in [6.45, 7) is 0. The number of para-hydroxylation sites is 1. The van der Waals surface area contributed by atoms with E-state index in [1.165, 1.54) is 30.0 Å². The van der Waals surface area contributed by atoms with Crippen LogP contribution in [0.3, 0.4) is 0 Å². The first kappa shape index (κ1) is 21.6. The highest BCUT2D eigenvalue weighted by atomic mass is 35.5. The molecule has 1 saturated carbocycles. The molecule has 0 radical (unpaired) electrons. The molecule has 3 aromatic rings. The fourth-order valence-corrected chi connectivity index (χ4v) is 7.08. The molecule has 0 aromatic heterocycles. The fourth-order valence-electron chi connectivity index (χ4n) is 4.96. The summed E-state index contributed by atoms with van der Waals surface area (Å²) in [5.74, 6) is -0.129. The molecule has 164 valence electrons. The van der Waals surface area contributed by atoms with Crippen molar-refractivity contribution in [2.45, 2.75) is 33.9 Å². The van der Waals surface area contributed by atoms with Crippen molar-refractivity contribution in [1.82, 2.24) is 0 Å². The van der Waals surface area contributed by atoms with Gasteiger partial charge in [0.1, 0.15) is 5.82 Å². The van der Waals surface area contributed by atoms with Gasteiger partial charge in [0.15, 0.2) is 0 Å². The van der Waals surface area contributed by atoms with Crippen molar-refractivity contribution in [3.63, 3.8) is 0 Å². The summed E-state index contributed by atoms with van der Waals surface area (Å²) < 4.78 is 13.6. The first-order valence-corrected chi connectivity index (χ1v) is 12.0. The first-order chi connectivity index (χ1) is 15.4. The van der Waals surface area contributed by atoms with E-state index >= 15 is 0 Å². The summed E-state index contributed by atoms with van der Waals surface area (Å²) in [5.41, 5.74) is 3.11. The highest BCUT2D eigenvalue weighted by Crippen LogP contribution is 2.58. The van der Waals surface area contributed by atoms with Gasteiger partial charge in [-0.3, -0.25) is 10.1 Å². The summed E-state index contributed by atoms with van der Waals surface area (Å²) in [6.07, 6.45) is 0.760. The number of halogens is 3. The van der Waals surface area contributed by atoms with Crippen LogP contribution >= 0.6 is 35.0 Å². The van der Waals surface area contributed by atoms with Gasteiger partial charge in [-0.2, -0.15) is 0 Å². The highest BCUT2D eigenvalue weighted by Gasteiger charge is 2.50. The van der Waals surface area contributed by atoms with Gasteiger partial charge in [-0.1, -0.05) is 35.9 Å². The molecule has 3 aromatic carbocycles. The summed E-state index contributed by atoms with van der Waals surface area (Å²) in [5, 5.41) is 15.5. The van der Waals surface area contributed by atoms with E-state index in [0.29, 0.717) is 9.92 Å². The van der Waals surface area contributed by atoms with E-state index in [1.807, 2.05) is 18.2 Å². The molecule has 1 fully saturated rings. The number of nitro groups is 1. The Labute approximate surface area is 199 Å². The average Bonchev–Trinajstić information content (AvgIpc) is 3.10. The van der Waals surface area contributed by atoms with Gasteiger partial charge in [0.05, 0.1) is 21.2 Å². The molecule has 0 saturated heterocycles. The minimum absolute atomic E-state index is 0.0157. The quantitative estimate of drug-likeness (QED) is 0.235.